The largest absolute Gasteiger partial charge is 0.478 e. The summed E-state index contributed by atoms with van der Waals surface area (Å²) in [4.78, 5) is 10.2. The highest BCUT2D eigenvalue weighted by atomic mass is 19.4. The van der Waals surface area contributed by atoms with Crippen LogP contribution in [0.1, 0.15) is 32.6 Å². The number of carbonyl (C=O) groups is 1. The first-order valence-electron chi connectivity index (χ1n) is 5.06. The summed E-state index contributed by atoms with van der Waals surface area (Å²) in [6.45, 7) is 2.00. The third-order valence-corrected chi connectivity index (χ3v) is 1.88. The van der Waals surface area contributed by atoms with Gasteiger partial charge in [-0.3, -0.25) is 0 Å². The molecule has 0 rings (SSSR count). The summed E-state index contributed by atoms with van der Waals surface area (Å²) in [6.07, 6.45) is 1.03. The van der Waals surface area contributed by atoms with E-state index in [1.165, 1.54) is 6.08 Å². The van der Waals surface area contributed by atoms with Gasteiger partial charge in [0.15, 0.2) is 0 Å². The molecule has 2 nitrogen and oxygen atoms in total. The predicted molar refractivity (Wildman–Crippen MR) is 55.1 cm³/mol. The fourth-order valence-electron chi connectivity index (χ4n) is 1.08. The first-order chi connectivity index (χ1) is 7.38. The molecule has 0 aromatic heterocycles. The maximum atomic E-state index is 12.3. The topological polar surface area (TPSA) is 37.3 Å². The van der Waals surface area contributed by atoms with Crippen LogP contribution in [0.3, 0.4) is 0 Å². The quantitative estimate of drug-likeness (QED) is 0.433. The molecule has 0 aromatic carbocycles. The lowest BCUT2D eigenvalue weighted by Gasteiger charge is -2.06. The van der Waals surface area contributed by atoms with Crippen LogP contribution in [0, 0.1) is 0 Å². The molecular weight excluding hydrogens is 221 g/mol. The molecule has 0 aliphatic carbocycles. The molecule has 0 fully saturated rings. The summed E-state index contributed by atoms with van der Waals surface area (Å²) in [5, 5.41) is 8.28. The lowest BCUT2D eigenvalue weighted by atomic mass is 10.1. The Morgan fingerprint density at radius 1 is 1.31 bits per heavy atom. The molecule has 1 N–H and O–H groups in total. The van der Waals surface area contributed by atoms with Crippen molar-refractivity contribution in [1.29, 1.82) is 0 Å². The lowest BCUT2D eigenvalue weighted by molar-refractivity contribution is -0.132. The Balaban J connectivity index is 4.40. The van der Waals surface area contributed by atoms with E-state index in [9.17, 15) is 18.0 Å². The van der Waals surface area contributed by atoms with Crippen LogP contribution in [0.2, 0.25) is 0 Å². The van der Waals surface area contributed by atoms with Crippen molar-refractivity contribution in [1.82, 2.24) is 0 Å². The smallest absolute Gasteiger partial charge is 0.416 e. The highest BCUT2D eigenvalue weighted by molar-refractivity contribution is 5.81. The van der Waals surface area contributed by atoms with E-state index in [0.29, 0.717) is 6.42 Å². The molecule has 0 saturated heterocycles. The van der Waals surface area contributed by atoms with Crippen LogP contribution in [0.15, 0.2) is 23.8 Å². The summed E-state index contributed by atoms with van der Waals surface area (Å²) in [5.74, 6) is -1.59. The maximum absolute atomic E-state index is 12.3. The van der Waals surface area contributed by atoms with Crippen molar-refractivity contribution in [3.63, 3.8) is 0 Å². The molecule has 0 bridgehead atoms. The van der Waals surface area contributed by atoms with Gasteiger partial charge in [0.05, 0.1) is 5.57 Å². The van der Waals surface area contributed by atoms with E-state index in [1.807, 2.05) is 6.92 Å². The van der Waals surface area contributed by atoms with Gasteiger partial charge in [-0.05, 0) is 12.8 Å². The zero-order chi connectivity index (χ0) is 12.6. The summed E-state index contributed by atoms with van der Waals surface area (Å²) in [7, 11) is 0. The van der Waals surface area contributed by atoms with Crippen molar-refractivity contribution in [2.45, 2.75) is 38.8 Å². The number of hydrogen-bond donors (Lipinski definition) is 1. The highest BCUT2D eigenvalue weighted by Crippen LogP contribution is 2.26. The van der Waals surface area contributed by atoms with E-state index in [0.717, 1.165) is 25.3 Å². The Morgan fingerprint density at radius 2 is 1.94 bits per heavy atom. The molecule has 0 amide bonds. The second kappa shape index (κ2) is 7.09. The number of hydrogen-bond acceptors (Lipinski definition) is 1. The number of aliphatic carboxylic acids is 1. The second-order valence-corrected chi connectivity index (χ2v) is 3.33. The van der Waals surface area contributed by atoms with Crippen molar-refractivity contribution in [3.8, 4) is 0 Å². The average Bonchev–Trinajstić information content (AvgIpc) is 2.13. The van der Waals surface area contributed by atoms with E-state index >= 15 is 0 Å². The Bertz CT molecular complexity index is 277. The molecule has 0 aliphatic rings. The van der Waals surface area contributed by atoms with Crippen molar-refractivity contribution in [2.24, 2.45) is 0 Å². The van der Waals surface area contributed by atoms with Gasteiger partial charge < -0.3 is 5.11 Å². The molecule has 0 saturated carbocycles. The highest BCUT2D eigenvalue weighted by Gasteiger charge is 2.32. The third-order valence-electron chi connectivity index (χ3n) is 1.88. The Kier molecular flexibility index (Phi) is 6.53. The van der Waals surface area contributed by atoms with E-state index in [1.54, 1.807) is 0 Å². The first kappa shape index (κ1) is 14.7. The molecule has 0 atom stereocenters. The lowest BCUT2D eigenvalue weighted by Crippen LogP contribution is -2.11. The predicted octanol–water partition coefficient (Wildman–Crippen LogP) is 3.70. The van der Waals surface area contributed by atoms with Crippen molar-refractivity contribution in [2.75, 3.05) is 0 Å². The molecule has 16 heavy (non-hydrogen) atoms. The summed E-state index contributed by atoms with van der Waals surface area (Å²) in [6, 6.07) is 0. The molecule has 0 aromatic rings. The van der Waals surface area contributed by atoms with Crippen molar-refractivity contribution >= 4 is 5.97 Å². The van der Waals surface area contributed by atoms with E-state index in [4.69, 9.17) is 5.11 Å². The molecule has 0 radical (unpaired) electrons. The van der Waals surface area contributed by atoms with Gasteiger partial charge in [0.1, 0.15) is 0 Å². The minimum Gasteiger partial charge on any atom is -0.478 e. The van der Waals surface area contributed by atoms with Crippen LogP contribution in [0.4, 0.5) is 13.2 Å². The number of rotatable bonds is 6. The van der Waals surface area contributed by atoms with E-state index in [2.05, 4.69) is 0 Å². The minimum absolute atomic E-state index is 0.177. The summed E-state index contributed by atoms with van der Waals surface area (Å²) >= 11 is 0. The number of unbranched alkanes of at least 4 members (excludes halogenated alkanes) is 3. The van der Waals surface area contributed by atoms with Crippen LogP contribution in [-0.4, -0.2) is 17.3 Å². The molecule has 0 aliphatic heterocycles. The Hall–Kier alpha value is -1.26. The molecule has 0 heterocycles. The normalized spacial score (nSPS) is 13.4. The first-order valence-corrected chi connectivity index (χ1v) is 5.06. The van der Waals surface area contributed by atoms with E-state index in [-0.39, 0.29) is 6.08 Å². The van der Waals surface area contributed by atoms with Crippen LogP contribution < -0.4 is 0 Å². The average molecular weight is 236 g/mol. The third kappa shape index (κ3) is 7.09. The summed E-state index contributed by atoms with van der Waals surface area (Å²) < 4.78 is 36.8. The van der Waals surface area contributed by atoms with Crippen LogP contribution in [0.5, 0.6) is 0 Å². The minimum atomic E-state index is -4.61. The van der Waals surface area contributed by atoms with Crippen molar-refractivity contribution in [3.05, 3.63) is 23.8 Å². The molecule has 5 heteroatoms. The number of halogens is 3. The fraction of sp³-hybridized carbons (Fsp3) is 0.545. The fourth-order valence-corrected chi connectivity index (χ4v) is 1.08. The number of carboxylic acid groups (broad SMARTS) is 1. The van der Waals surface area contributed by atoms with Gasteiger partial charge in [0.25, 0.3) is 0 Å². The van der Waals surface area contributed by atoms with Crippen LogP contribution in [-0.2, 0) is 4.79 Å². The molecule has 0 unspecified atom stereocenters. The number of allylic oxidation sites excluding steroid dienone is 3. The Morgan fingerprint density at radius 3 is 2.38 bits per heavy atom. The second-order valence-electron chi connectivity index (χ2n) is 3.33. The summed E-state index contributed by atoms with van der Waals surface area (Å²) in [5.41, 5.74) is -1.13. The Labute approximate surface area is 92.5 Å². The molecule has 92 valence electrons. The standard InChI is InChI=1S/C11H15F3O2/c1-2-3-4-5-6-7-9(8-10(15)16)11(12,13)14/h6-8H,2-5H2,1H3,(H,15,16)/b7-6+,9-8+. The monoisotopic (exact) mass is 236 g/mol. The number of alkyl halides is 3. The molecular formula is C11H15F3O2. The maximum Gasteiger partial charge on any atom is 0.416 e. The van der Waals surface area contributed by atoms with Crippen LogP contribution >= 0.6 is 0 Å². The van der Waals surface area contributed by atoms with Gasteiger partial charge in [0.2, 0.25) is 0 Å². The van der Waals surface area contributed by atoms with Crippen molar-refractivity contribution < 1.29 is 23.1 Å². The van der Waals surface area contributed by atoms with Gasteiger partial charge in [-0.1, -0.05) is 31.9 Å². The van der Waals surface area contributed by atoms with Gasteiger partial charge in [-0.25, -0.2) is 4.79 Å². The van der Waals surface area contributed by atoms with Gasteiger partial charge in [-0.15, -0.1) is 0 Å². The van der Waals surface area contributed by atoms with Gasteiger partial charge in [-0.2, -0.15) is 13.2 Å². The number of carboxylic acids is 1. The molecule has 0 spiro atoms. The zero-order valence-corrected chi connectivity index (χ0v) is 9.05. The van der Waals surface area contributed by atoms with Gasteiger partial charge >= 0.3 is 12.1 Å². The SMILES string of the molecule is CCCCC/C=C/C(=C\C(=O)O)C(F)(F)F. The zero-order valence-electron chi connectivity index (χ0n) is 9.05. The van der Waals surface area contributed by atoms with Crippen LogP contribution in [0.25, 0.3) is 0 Å². The van der Waals surface area contributed by atoms with Gasteiger partial charge in [0, 0.05) is 6.08 Å². The van der Waals surface area contributed by atoms with E-state index < -0.39 is 17.7 Å².